The van der Waals surface area contributed by atoms with E-state index in [9.17, 15) is 9.18 Å². The normalized spacial score (nSPS) is 11.7. The lowest BCUT2D eigenvalue weighted by Crippen LogP contribution is -2.21. The maximum absolute atomic E-state index is 13.4. The van der Waals surface area contributed by atoms with Crippen molar-refractivity contribution in [2.24, 2.45) is 0 Å². The van der Waals surface area contributed by atoms with E-state index in [4.69, 9.17) is 0 Å². The van der Waals surface area contributed by atoms with Gasteiger partial charge in [-0.25, -0.2) is 13.9 Å². The van der Waals surface area contributed by atoms with Gasteiger partial charge in [0, 0.05) is 41.6 Å². The monoisotopic (exact) mass is 437 g/mol. The first-order valence-electron chi connectivity index (χ1n) is 10.8. The summed E-state index contributed by atoms with van der Waals surface area (Å²) in [7, 11) is 0. The fraction of sp³-hybridized carbons (Fsp3) is 0.115. The number of nitrogens with zero attached hydrogens (tertiary/aromatic N) is 4. The molecule has 4 heterocycles. The fourth-order valence-electron chi connectivity index (χ4n) is 4.53. The summed E-state index contributed by atoms with van der Waals surface area (Å²) in [6.45, 7) is 2.45. The van der Waals surface area contributed by atoms with Crippen LogP contribution in [0.1, 0.15) is 11.3 Å². The Kier molecular flexibility index (Phi) is 4.36. The molecule has 0 aliphatic rings. The maximum Gasteiger partial charge on any atom is 0.261 e. The third-order valence-corrected chi connectivity index (χ3v) is 6.19. The van der Waals surface area contributed by atoms with E-state index in [1.165, 1.54) is 23.1 Å². The number of nitrogens with one attached hydrogen (secondary N) is 1. The predicted octanol–water partition coefficient (Wildman–Crippen LogP) is 4.88. The molecule has 6 nitrogen and oxygen atoms in total. The van der Waals surface area contributed by atoms with E-state index in [1.807, 2.05) is 43.6 Å². The number of halogens is 1. The molecule has 0 aliphatic carbocycles. The summed E-state index contributed by atoms with van der Waals surface area (Å²) in [5.74, 6) is -0.292. The van der Waals surface area contributed by atoms with Crippen molar-refractivity contribution in [1.82, 2.24) is 24.1 Å². The summed E-state index contributed by atoms with van der Waals surface area (Å²) in [6.07, 6.45) is 6.17. The summed E-state index contributed by atoms with van der Waals surface area (Å²) >= 11 is 0. The molecule has 0 saturated carbocycles. The lowest BCUT2D eigenvalue weighted by molar-refractivity contribution is 0.628. The molecule has 6 aromatic rings. The molecule has 33 heavy (non-hydrogen) atoms. The molecule has 1 N–H and O–H groups in total. The van der Waals surface area contributed by atoms with Gasteiger partial charge in [-0.1, -0.05) is 30.3 Å². The molecule has 0 fully saturated rings. The molecule has 0 radical (unpaired) electrons. The Morgan fingerprint density at radius 2 is 1.85 bits per heavy atom. The van der Waals surface area contributed by atoms with Gasteiger partial charge in [0.05, 0.1) is 16.6 Å². The van der Waals surface area contributed by atoms with Gasteiger partial charge in [-0.05, 0) is 48.7 Å². The van der Waals surface area contributed by atoms with Gasteiger partial charge in [0.1, 0.15) is 5.82 Å². The van der Waals surface area contributed by atoms with E-state index < -0.39 is 0 Å². The van der Waals surface area contributed by atoms with E-state index in [0.29, 0.717) is 23.1 Å². The van der Waals surface area contributed by atoms with Gasteiger partial charge in [-0.3, -0.25) is 4.79 Å². The molecule has 0 unspecified atom stereocenters. The summed E-state index contributed by atoms with van der Waals surface area (Å²) in [6, 6.07) is 16.3. The molecule has 4 aromatic heterocycles. The second-order valence-electron chi connectivity index (χ2n) is 8.18. The first-order chi connectivity index (χ1) is 16.1. The molecule has 0 atom stereocenters. The van der Waals surface area contributed by atoms with Crippen molar-refractivity contribution in [3.63, 3.8) is 0 Å². The van der Waals surface area contributed by atoms with Crippen LogP contribution in [0.5, 0.6) is 0 Å². The van der Waals surface area contributed by atoms with Gasteiger partial charge in [-0.2, -0.15) is 5.10 Å². The van der Waals surface area contributed by atoms with Crippen LogP contribution < -0.4 is 5.56 Å². The number of aromatic nitrogens is 5. The second kappa shape index (κ2) is 7.41. The lowest BCUT2D eigenvalue weighted by Gasteiger charge is -2.08. The van der Waals surface area contributed by atoms with Crippen LogP contribution >= 0.6 is 0 Å². The molecule has 0 amide bonds. The summed E-state index contributed by atoms with van der Waals surface area (Å²) < 4.78 is 16.8. The molecule has 0 bridgehead atoms. The average Bonchev–Trinajstić information content (AvgIpc) is 3.39. The van der Waals surface area contributed by atoms with Crippen molar-refractivity contribution in [2.75, 3.05) is 0 Å². The van der Waals surface area contributed by atoms with E-state index >= 15 is 0 Å². The summed E-state index contributed by atoms with van der Waals surface area (Å²) in [5, 5.41) is 6.33. The molecular weight excluding hydrogens is 417 g/mol. The van der Waals surface area contributed by atoms with E-state index in [2.05, 4.69) is 21.1 Å². The largest absolute Gasteiger partial charge is 0.361 e. The van der Waals surface area contributed by atoms with Crippen molar-refractivity contribution < 1.29 is 4.39 Å². The molecule has 7 heteroatoms. The van der Waals surface area contributed by atoms with Gasteiger partial charge < -0.3 is 9.55 Å². The highest BCUT2D eigenvalue weighted by molar-refractivity contribution is 5.86. The lowest BCUT2D eigenvalue weighted by atomic mass is 10.1. The van der Waals surface area contributed by atoms with Crippen LogP contribution in [0.25, 0.3) is 38.6 Å². The Morgan fingerprint density at radius 3 is 2.70 bits per heavy atom. The van der Waals surface area contributed by atoms with E-state index in [1.54, 1.807) is 27.4 Å². The number of benzene rings is 2. The highest BCUT2D eigenvalue weighted by atomic mass is 19.1. The number of hydrogen-bond acceptors (Lipinski definition) is 3. The zero-order valence-electron chi connectivity index (χ0n) is 17.9. The van der Waals surface area contributed by atoms with Crippen LogP contribution in [-0.4, -0.2) is 24.1 Å². The van der Waals surface area contributed by atoms with Crippen LogP contribution in [0.4, 0.5) is 4.39 Å². The van der Waals surface area contributed by atoms with Crippen molar-refractivity contribution in [1.29, 1.82) is 0 Å². The van der Waals surface area contributed by atoms with Crippen molar-refractivity contribution in [2.45, 2.75) is 19.9 Å². The van der Waals surface area contributed by atoms with Crippen LogP contribution in [-0.2, 0) is 13.0 Å². The zero-order chi connectivity index (χ0) is 22.5. The highest BCUT2D eigenvalue weighted by Crippen LogP contribution is 2.28. The topological polar surface area (TPSA) is 68.0 Å². The summed E-state index contributed by atoms with van der Waals surface area (Å²) in [4.78, 5) is 21.1. The van der Waals surface area contributed by atoms with Crippen LogP contribution in [0.3, 0.4) is 0 Å². The Hall–Kier alpha value is -4.26. The SMILES string of the molecule is Cc1nn2c(ncc3c(=O)n(CCc4c[nH]c5ccccc45)ccc32)c1-c1ccc(F)cc1. The maximum atomic E-state index is 13.4. The van der Waals surface area contributed by atoms with Crippen LogP contribution in [0.15, 0.2) is 78.0 Å². The fourth-order valence-corrected chi connectivity index (χ4v) is 4.53. The van der Waals surface area contributed by atoms with Gasteiger partial charge in [-0.15, -0.1) is 0 Å². The standard InChI is InChI=1S/C26H20FN5O/c1-16-24(17-6-8-19(27)9-7-17)25-29-15-21-23(32(25)30-16)11-13-31(26(21)33)12-10-18-14-28-22-5-3-2-4-20(18)22/h2-9,11,13-15,28H,10,12H2,1H3. The molecule has 6 rings (SSSR count). The van der Waals surface area contributed by atoms with Crippen molar-refractivity contribution in [3.05, 3.63) is 101 Å². The third kappa shape index (κ3) is 3.12. The number of hydrogen-bond donors (Lipinski definition) is 1. The Morgan fingerprint density at radius 1 is 1.03 bits per heavy atom. The first-order valence-corrected chi connectivity index (χ1v) is 10.8. The molecular formula is C26H20FN5O. The minimum absolute atomic E-state index is 0.0989. The average molecular weight is 437 g/mol. The number of aromatic amines is 1. The van der Waals surface area contributed by atoms with Crippen LogP contribution in [0.2, 0.25) is 0 Å². The number of para-hydroxylation sites is 1. The molecule has 0 saturated heterocycles. The predicted molar refractivity (Wildman–Crippen MR) is 127 cm³/mol. The summed E-state index contributed by atoms with van der Waals surface area (Å²) in [5.41, 5.74) is 5.95. The van der Waals surface area contributed by atoms with Gasteiger partial charge in [0.25, 0.3) is 5.56 Å². The number of aryl methyl sites for hydroxylation is 3. The molecule has 162 valence electrons. The third-order valence-electron chi connectivity index (χ3n) is 6.19. The minimum atomic E-state index is -0.292. The minimum Gasteiger partial charge on any atom is -0.361 e. The van der Waals surface area contributed by atoms with Crippen LogP contribution in [0, 0.1) is 12.7 Å². The van der Waals surface area contributed by atoms with Gasteiger partial charge >= 0.3 is 0 Å². The number of pyridine rings is 1. The Labute approximate surface area is 187 Å². The number of rotatable bonds is 4. The Balaban J connectivity index is 1.40. The Bertz CT molecular complexity index is 1710. The van der Waals surface area contributed by atoms with E-state index in [-0.39, 0.29) is 11.4 Å². The number of H-pyrrole nitrogens is 1. The smallest absolute Gasteiger partial charge is 0.261 e. The van der Waals surface area contributed by atoms with Gasteiger partial charge in [0.15, 0.2) is 5.65 Å². The zero-order valence-corrected chi connectivity index (χ0v) is 17.9. The second-order valence-corrected chi connectivity index (χ2v) is 8.18. The highest BCUT2D eigenvalue weighted by Gasteiger charge is 2.16. The first kappa shape index (κ1) is 19.4. The van der Waals surface area contributed by atoms with E-state index in [0.717, 1.165) is 28.8 Å². The molecule has 0 spiro atoms. The van der Waals surface area contributed by atoms with Gasteiger partial charge in [0.2, 0.25) is 0 Å². The molecule has 0 aliphatic heterocycles. The number of fused-ring (bicyclic) bond motifs is 4. The molecule has 2 aromatic carbocycles. The van der Waals surface area contributed by atoms with Crippen molar-refractivity contribution in [3.8, 4) is 11.1 Å². The quantitative estimate of drug-likeness (QED) is 0.427. The van der Waals surface area contributed by atoms with Crippen molar-refractivity contribution >= 4 is 27.5 Å².